The third-order valence-corrected chi connectivity index (χ3v) is 2.87. The molecule has 0 saturated heterocycles. The van der Waals surface area contributed by atoms with Gasteiger partial charge in [-0.05, 0) is 35.7 Å². The summed E-state index contributed by atoms with van der Waals surface area (Å²) in [6.45, 7) is 3.27. The normalized spacial score (nSPS) is 10.8. The van der Waals surface area contributed by atoms with E-state index in [1.54, 1.807) is 0 Å². The Balaban J connectivity index is 2.04. The molecular weight excluding hydrogens is 234 g/mol. The van der Waals surface area contributed by atoms with Crippen LogP contribution in [0.3, 0.4) is 0 Å². The van der Waals surface area contributed by atoms with Crippen LogP contribution >= 0.6 is 0 Å². The Morgan fingerprint density at radius 3 is 1.89 bits per heavy atom. The molecule has 2 N–H and O–H groups in total. The minimum atomic E-state index is 0.586. The van der Waals surface area contributed by atoms with Crippen molar-refractivity contribution >= 4 is 12.2 Å². The van der Waals surface area contributed by atoms with E-state index in [-0.39, 0.29) is 0 Å². The van der Waals surface area contributed by atoms with Crippen molar-refractivity contribution < 1.29 is 4.74 Å². The molecule has 0 aliphatic rings. The highest BCUT2D eigenvalue weighted by molar-refractivity contribution is 5.69. The summed E-state index contributed by atoms with van der Waals surface area (Å²) in [4.78, 5) is 0. The summed E-state index contributed by atoms with van der Waals surface area (Å²) in [5.41, 5.74) is 9.06. The molecule has 0 unspecified atom stereocenters. The zero-order valence-corrected chi connectivity index (χ0v) is 11.2. The summed E-state index contributed by atoms with van der Waals surface area (Å²) in [5, 5.41) is 0. The molecule has 2 aromatic carbocycles. The summed E-state index contributed by atoms with van der Waals surface area (Å²) < 4.78 is 5.41. The SMILES string of the molecule is CCOc1ccc(/C=C/c2ccc(CN)cc2)cc1. The van der Waals surface area contributed by atoms with Crippen molar-refractivity contribution in [2.75, 3.05) is 6.61 Å². The van der Waals surface area contributed by atoms with Gasteiger partial charge in [-0.2, -0.15) is 0 Å². The predicted octanol–water partition coefficient (Wildman–Crippen LogP) is 3.71. The lowest BCUT2D eigenvalue weighted by Gasteiger charge is -2.02. The fourth-order valence-electron chi connectivity index (χ4n) is 1.80. The maximum atomic E-state index is 5.57. The summed E-state index contributed by atoms with van der Waals surface area (Å²) in [6.07, 6.45) is 4.18. The summed E-state index contributed by atoms with van der Waals surface area (Å²) in [6, 6.07) is 16.3. The van der Waals surface area contributed by atoms with Crippen LogP contribution in [0.1, 0.15) is 23.6 Å². The lowest BCUT2D eigenvalue weighted by Crippen LogP contribution is -1.94. The Kier molecular flexibility index (Phi) is 4.76. The second kappa shape index (κ2) is 6.76. The molecule has 0 atom stereocenters. The minimum Gasteiger partial charge on any atom is -0.494 e. The molecule has 19 heavy (non-hydrogen) atoms. The molecule has 0 aliphatic heterocycles. The lowest BCUT2D eigenvalue weighted by molar-refractivity contribution is 0.340. The molecular formula is C17H19NO. The average molecular weight is 253 g/mol. The number of rotatable bonds is 5. The molecule has 2 heteroatoms. The molecule has 0 bridgehead atoms. The molecule has 0 radical (unpaired) electrons. The van der Waals surface area contributed by atoms with Gasteiger partial charge in [-0.25, -0.2) is 0 Å². The molecule has 2 aromatic rings. The quantitative estimate of drug-likeness (QED) is 0.824. The summed E-state index contributed by atoms with van der Waals surface area (Å²) in [5.74, 6) is 0.909. The second-order valence-corrected chi connectivity index (χ2v) is 4.28. The number of hydrogen-bond donors (Lipinski definition) is 1. The van der Waals surface area contributed by atoms with Crippen LogP contribution in [0, 0.1) is 0 Å². The van der Waals surface area contributed by atoms with Gasteiger partial charge in [0.1, 0.15) is 5.75 Å². The molecule has 0 spiro atoms. The number of nitrogens with two attached hydrogens (primary N) is 1. The number of ether oxygens (including phenoxy) is 1. The van der Waals surface area contributed by atoms with Gasteiger partial charge >= 0.3 is 0 Å². The second-order valence-electron chi connectivity index (χ2n) is 4.28. The largest absolute Gasteiger partial charge is 0.494 e. The van der Waals surface area contributed by atoms with Gasteiger partial charge in [0.25, 0.3) is 0 Å². The van der Waals surface area contributed by atoms with Gasteiger partial charge in [-0.1, -0.05) is 48.6 Å². The van der Waals surface area contributed by atoms with Crippen LogP contribution in [0.5, 0.6) is 5.75 Å². The van der Waals surface area contributed by atoms with E-state index >= 15 is 0 Å². The van der Waals surface area contributed by atoms with Crippen molar-refractivity contribution in [2.45, 2.75) is 13.5 Å². The smallest absolute Gasteiger partial charge is 0.119 e. The first-order chi connectivity index (χ1) is 9.31. The molecule has 0 aliphatic carbocycles. The Hall–Kier alpha value is -2.06. The van der Waals surface area contributed by atoms with E-state index in [2.05, 4.69) is 48.6 Å². The number of benzene rings is 2. The molecule has 0 fully saturated rings. The third-order valence-electron chi connectivity index (χ3n) is 2.87. The van der Waals surface area contributed by atoms with Crippen LogP contribution in [0.25, 0.3) is 12.2 Å². The van der Waals surface area contributed by atoms with Crippen molar-refractivity contribution in [3.05, 3.63) is 65.2 Å². The van der Waals surface area contributed by atoms with Gasteiger partial charge < -0.3 is 10.5 Å². The first-order valence-corrected chi connectivity index (χ1v) is 6.52. The van der Waals surface area contributed by atoms with Crippen LogP contribution in [-0.4, -0.2) is 6.61 Å². The molecule has 0 saturated carbocycles. The zero-order valence-electron chi connectivity index (χ0n) is 11.2. The molecule has 2 nitrogen and oxygen atoms in total. The van der Waals surface area contributed by atoms with Crippen molar-refractivity contribution in [2.24, 2.45) is 5.73 Å². The Morgan fingerprint density at radius 1 is 0.895 bits per heavy atom. The van der Waals surface area contributed by atoms with Crippen LogP contribution < -0.4 is 10.5 Å². The number of hydrogen-bond acceptors (Lipinski definition) is 2. The molecule has 0 heterocycles. The van der Waals surface area contributed by atoms with E-state index in [9.17, 15) is 0 Å². The van der Waals surface area contributed by atoms with Gasteiger partial charge in [0.15, 0.2) is 0 Å². The van der Waals surface area contributed by atoms with E-state index in [1.807, 2.05) is 19.1 Å². The van der Waals surface area contributed by atoms with Crippen molar-refractivity contribution in [3.8, 4) is 5.75 Å². The van der Waals surface area contributed by atoms with Gasteiger partial charge in [0.2, 0.25) is 0 Å². The van der Waals surface area contributed by atoms with E-state index < -0.39 is 0 Å². The van der Waals surface area contributed by atoms with Gasteiger partial charge in [0.05, 0.1) is 6.61 Å². The monoisotopic (exact) mass is 253 g/mol. The van der Waals surface area contributed by atoms with Crippen molar-refractivity contribution in [3.63, 3.8) is 0 Å². The highest BCUT2D eigenvalue weighted by Gasteiger charge is 1.92. The first kappa shape index (κ1) is 13.4. The molecule has 0 aromatic heterocycles. The highest BCUT2D eigenvalue weighted by atomic mass is 16.5. The summed E-state index contributed by atoms with van der Waals surface area (Å²) >= 11 is 0. The fourth-order valence-corrected chi connectivity index (χ4v) is 1.80. The fraction of sp³-hybridized carbons (Fsp3) is 0.176. The Labute approximate surface area is 114 Å². The standard InChI is InChI=1S/C17H19NO/c1-2-19-17-11-9-15(10-12-17)4-3-14-5-7-16(13-18)8-6-14/h3-12H,2,13,18H2,1H3/b4-3+. The van der Waals surface area contributed by atoms with Crippen LogP contribution in [0.2, 0.25) is 0 Å². The Morgan fingerprint density at radius 2 is 1.42 bits per heavy atom. The van der Waals surface area contributed by atoms with Gasteiger partial charge in [-0.3, -0.25) is 0 Å². The van der Waals surface area contributed by atoms with Crippen LogP contribution in [-0.2, 0) is 6.54 Å². The first-order valence-electron chi connectivity index (χ1n) is 6.52. The van der Waals surface area contributed by atoms with Gasteiger partial charge in [0, 0.05) is 6.54 Å². The van der Waals surface area contributed by atoms with E-state index in [1.165, 1.54) is 5.56 Å². The van der Waals surface area contributed by atoms with E-state index in [4.69, 9.17) is 10.5 Å². The topological polar surface area (TPSA) is 35.2 Å². The van der Waals surface area contributed by atoms with Crippen LogP contribution in [0.15, 0.2) is 48.5 Å². The maximum absolute atomic E-state index is 5.57. The minimum absolute atomic E-state index is 0.586. The average Bonchev–Trinajstić information content (AvgIpc) is 2.47. The summed E-state index contributed by atoms with van der Waals surface area (Å²) in [7, 11) is 0. The third kappa shape index (κ3) is 3.97. The van der Waals surface area contributed by atoms with E-state index in [0.717, 1.165) is 16.9 Å². The van der Waals surface area contributed by atoms with Crippen molar-refractivity contribution in [1.82, 2.24) is 0 Å². The van der Waals surface area contributed by atoms with Crippen LogP contribution in [0.4, 0.5) is 0 Å². The predicted molar refractivity (Wildman–Crippen MR) is 80.9 cm³/mol. The Bertz CT molecular complexity index is 526. The van der Waals surface area contributed by atoms with E-state index in [0.29, 0.717) is 13.2 Å². The molecule has 2 rings (SSSR count). The van der Waals surface area contributed by atoms with Gasteiger partial charge in [-0.15, -0.1) is 0 Å². The zero-order chi connectivity index (χ0) is 13.5. The molecule has 0 amide bonds. The lowest BCUT2D eigenvalue weighted by atomic mass is 10.1. The molecule has 98 valence electrons. The maximum Gasteiger partial charge on any atom is 0.119 e. The van der Waals surface area contributed by atoms with Crippen molar-refractivity contribution in [1.29, 1.82) is 0 Å². The highest BCUT2D eigenvalue weighted by Crippen LogP contribution is 2.14.